The lowest BCUT2D eigenvalue weighted by molar-refractivity contribution is 0.102. The summed E-state index contributed by atoms with van der Waals surface area (Å²) in [7, 11) is 0. The number of aryl methyl sites for hydroxylation is 2. The van der Waals surface area contributed by atoms with Crippen LogP contribution in [0.15, 0.2) is 47.3 Å². The number of rotatable bonds is 6. The van der Waals surface area contributed by atoms with Gasteiger partial charge in [-0.15, -0.1) is 0 Å². The fourth-order valence-corrected chi connectivity index (χ4v) is 2.50. The Morgan fingerprint density at radius 3 is 2.70 bits per heavy atom. The second-order valence-corrected chi connectivity index (χ2v) is 6.12. The molecule has 1 unspecified atom stereocenters. The maximum atomic E-state index is 12.6. The van der Waals surface area contributed by atoms with E-state index in [1.165, 1.54) is 0 Å². The molecule has 2 aromatic heterocycles. The molecule has 1 atom stereocenters. The lowest BCUT2D eigenvalue weighted by Gasteiger charge is -2.15. The fraction of sp³-hybridized carbons (Fsp3) is 0.300. The minimum absolute atomic E-state index is 0.0220. The number of aromatic nitrogens is 2. The van der Waals surface area contributed by atoms with Gasteiger partial charge in [0.15, 0.2) is 5.76 Å². The number of allylic oxidation sites excluding steroid dienone is 1. The van der Waals surface area contributed by atoms with Gasteiger partial charge in [0.1, 0.15) is 23.4 Å². The zero-order valence-corrected chi connectivity index (χ0v) is 15.7. The van der Waals surface area contributed by atoms with Crippen LogP contribution in [0.1, 0.15) is 42.6 Å². The van der Waals surface area contributed by atoms with Gasteiger partial charge in [-0.05, 0) is 31.9 Å². The SMILES string of the molecule is CCc1cccc(NC(=O)c2cc(OC3=CNC(C)N=C3)cc(CC)n2)n1. The highest BCUT2D eigenvalue weighted by Crippen LogP contribution is 2.19. The summed E-state index contributed by atoms with van der Waals surface area (Å²) >= 11 is 0. The van der Waals surface area contributed by atoms with Crippen LogP contribution < -0.4 is 15.4 Å². The minimum atomic E-state index is -0.325. The highest BCUT2D eigenvalue weighted by Gasteiger charge is 2.14. The number of anilines is 1. The summed E-state index contributed by atoms with van der Waals surface area (Å²) in [6, 6.07) is 8.99. The Bertz CT molecular complexity index is 892. The first-order valence-corrected chi connectivity index (χ1v) is 9.03. The Morgan fingerprint density at radius 1 is 1.19 bits per heavy atom. The zero-order valence-electron chi connectivity index (χ0n) is 15.7. The molecular weight excluding hydrogens is 342 g/mol. The molecule has 0 aliphatic carbocycles. The smallest absolute Gasteiger partial charge is 0.275 e. The third kappa shape index (κ3) is 4.91. The molecule has 0 saturated carbocycles. The number of ether oxygens (including phenoxy) is 1. The first-order valence-electron chi connectivity index (χ1n) is 9.03. The highest BCUT2D eigenvalue weighted by atomic mass is 16.5. The Labute approximate surface area is 158 Å². The first kappa shape index (κ1) is 18.6. The van der Waals surface area contributed by atoms with Crippen molar-refractivity contribution in [1.82, 2.24) is 15.3 Å². The molecular formula is C20H23N5O2. The molecule has 0 bridgehead atoms. The van der Waals surface area contributed by atoms with Crippen LogP contribution in [0.25, 0.3) is 0 Å². The van der Waals surface area contributed by atoms with Crippen molar-refractivity contribution in [3.05, 3.63) is 59.4 Å². The Morgan fingerprint density at radius 2 is 2.00 bits per heavy atom. The summed E-state index contributed by atoms with van der Waals surface area (Å²) < 4.78 is 5.84. The lowest BCUT2D eigenvalue weighted by Crippen LogP contribution is -2.24. The van der Waals surface area contributed by atoms with E-state index in [-0.39, 0.29) is 17.8 Å². The molecule has 1 aliphatic heterocycles. The van der Waals surface area contributed by atoms with Gasteiger partial charge in [0.05, 0.1) is 6.21 Å². The number of carbonyl (C=O) groups excluding carboxylic acids is 1. The largest absolute Gasteiger partial charge is 0.454 e. The molecule has 0 fully saturated rings. The van der Waals surface area contributed by atoms with Gasteiger partial charge in [-0.25, -0.2) is 9.97 Å². The van der Waals surface area contributed by atoms with E-state index >= 15 is 0 Å². The maximum Gasteiger partial charge on any atom is 0.275 e. The first-order chi connectivity index (χ1) is 13.1. The highest BCUT2D eigenvalue weighted by molar-refractivity contribution is 6.02. The maximum absolute atomic E-state index is 12.6. The van der Waals surface area contributed by atoms with E-state index in [1.54, 1.807) is 24.5 Å². The van der Waals surface area contributed by atoms with E-state index in [9.17, 15) is 4.79 Å². The van der Waals surface area contributed by atoms with Crippen molar-refractivity contribution in [2.24, 2.45) is 4.99 Å². The topological polar surface area (TPSA) is 88.5 Å². The van der Waals surface area contributed by atoms with Gasteiger partial charge in [-0.1, -0.05) is 19.9 Å². The Hall–Kier alpha value is -3.22. The molecule has 7 nitrogen and oxygen atoms in total. The molecule has 7 heteroatoms. The Balaban J connectivity index is 1.80. The average Bonchev–Trinajstić information content (AvgIpc) is 2.69. The van der Waals surface area contributed by atoms with Gasteiger partial charge in [-0.2, -0.15) is 0 Å². The monoisotopic (exact) mass is 365 g/mol. The lowest BCUT2D eigenvalue weighted by atomic mass is 10.2. The van der Waals surface area contributed by atoms with Gasteiger partial charge in [0.2, 0.25) is 0 Å². The quantitative estimate of drug-likeness (QED) is 0.821. The van der Waals surface area contributed by atoms with Crippen molar-refractivity contribution in [2.75, 3.05) is 5.32 Å². The summed E-state index contributed by atoms with van der Waals surface area (Å²) in [5.41, 5.74) is 1.96. The molecule has 2 N–H and O–H groups in total. The van der Waals surface area contributed by atoms with Gasteiger partial charge >= 0.3 is 0 Å². The third-order valence-electron chi connectivity index (χ3n) is 3.99. The molecule has 0 saturated heterocycles. The summed E-state index contributed by atoms with van der Waals surface area (Å²) in [5, 5.41) is 5.87. The molecule has 0 aromatic carbocycles. The summed E-state index contributed by atoms with van der Waals surface area (Å²) in [5.74, 6) is 1.29. The number of nitrogens with zero attached hydrogens (tertiary/aromatic N) is 3. The van der Waals surface area contributed by atoms with Crippen molar-refractivity contribution in [2.45, 2.75) is 39.8 Å². The molecule has 27 heavy (non-hydrogen) atoms. The predicted octanol–water partition coefficient (Wildman–Crippen LogP) is 3.09. The summed E-state index contributed by atoms with van der Waals surface area (Å²) in [6.07, 6.45) is 4.92. The second kappa shape index (κ2) is 8.44. The van der Waals surface area contributed by atoms with E-state index < -0.39 is 0 Å². The number of hydrogen-bond acceptors (Lipinski definition) is 6. The van der Waals surface area contributed by atoms with E-state index in [0.29, 0.717) is 23.7 Å². The molecule has 1 amide bonds. The number of hydrogen-bond donors (Lipinski definition) is 2. The third-order valence-corrected chi connectivity index (χ3v) is 3.99. The summed E-state index contributed by atoms with van der Waals surface area (Å²) in [6.45, 7) is 5.93. The fourth-order valence-electron chi connectivity index (χ4n) is 2.50. The van der Waals surface area contributed by atoms with Crippen molar-refractivity contribution in [3.63, 3.8) is 0 Å². The Kier molecular flexibility index (Phi) is 5.80. The number of nitrogens with one attached hydrogen (secondary N) is 2. The standard InChI is InChI=1S/C20H23N5O2/c1-4-14-7-6-8-19(24-14)25-20(26)18-10-16(9-15(5-2)23-18)27-17-11-21-13(3)22-12-17/h6-13,21H,4-5H2,1-3H3,(H,24,25,26). The number of pyridine rings is 2. The molecule has 0 spiro atoms. The normalized spacial score (nSPS) is 15.7. The van der Waals surface area contributed by atoms with Crippen molar-refractivity contribution in [3.8, 4) is 5.75 Å². The second-order valence-electron chi connectivity index (χ2n) is 6.12. The van der Waals surface area contributed by atoms with Crippen LogP contribution in [-0.2, 0) is 12.8 Å². The van der Waals surface area contributed by atoms with Crippen LogP contribution >= 0.6 is 0 Å². The average molecular weight is 365 g/mol. The van der Waals surface area contributed by atoms with Gasteiger partial charge < -0.3 is 15.4 Å². The van der Waals surface area contributed by atoms with E-state index in [0.717, 1.165) is 17.8 Å². The van der Waals surface area contributed by atoms with E-state index in [2.05, 4.69) is 25.6 Å². The minimum Gasteiger partial charge on any atom is -0.454 e. The molecule has 0 radical (unpaired) electrons. The van der Waals surface area contributed by atoms with E-state index in [4.69, 9.17) is 4.74 Å². The number of carbonyl (C=O) groups is 1. The van der Waals surface area contributed by atoms with Gasteiger partial charge in [0, 0.05) is 29.7 Å². The predicted molar refractivity (Wildman–Crippen MR) is 105 cm³/mol. The van der Waals surface area contributed by atoms with Crippen LogP contribution in [0.4, 0.5) is 5.82 Å². The van der Waals surface area contributed by atoms with Crippen LogP contribution in [0.2, 0.25) is 0 Å². The molecule has 2 aromatic rings. The van der Waals surface area contributed by atoms with Crippen LogP contribution in [0, 0.1) is 0 Å². The van der Waals surface area contributed by atoms with Crippen LogP contribution in [0.5, 0.6) is 5.75 Å². The van der Waals surface area contributed by atoms with Crippen LogP contribution in [0.3, 0.4) is 0 Å². The molecule has 3 heterocycles. The number of aliphatic imine (C=N–C) groups is 1. The number of amides is 1. The molecule has 1 aliphatic rings. The molecule has 140 valence electrons. The van der Waals surface area contributed by atoms with Gasteiger partial charge in [0.25, 0.3) is 5.91 Å². The van der Waals surface area contributed by atoms with Crippen LogP contribution in [-0.4, -0.2) is 28.3 Å². The van der Waals surface area contributed by atoms with Crippen molar-refractivity contribution in [1.29, 1.82) is 0 Å². The van der Waals surface area contributed by atoms with E-state index in [1.807, 2.05) is 39.0 Å². The summed E-state index contributed by atoms with van der Waals surface area (Å²) in [4.78, 5) is 25.7. The van der Waals surface area contributed by atoms with Gasteiger partial charge in [-0.3, -0.25) is 9.79 Å². The zero-order chi connectivity index (χ0) is 19.2. The molecule has 3 rings (SSSR count). The van der Waals surface area contributed by atoms with Crippen molar-refractivity contribution < 1.29 is 9.53 Å². The van der Waals surface area contributed by atoms with Crippen molar-refractivity contribution >= 4 is 17.9 Å².